The molecule has 1 aromatic heterocycles. The summed E-state index contributed by atoms with van der Waals surface area (Å²) in [5.41, 5.74) is 6.33. The summed E-state index contributed by atoms with van der Waals surface area (Å²) in [5, 5.41) is 21.4. The van der Waals surface area contributed by atoms with Crippen LogP contribution in [0.4, 0.5) is 0 Å². The van der Waals surface area contributed by atoms with Gasteiger partial charge in [-0.3, -0.25) is 14.7 Å². The zero-order chi connectivity index (χ0) is 19.1. The van der Waals surface area contributed by atoms with Gasteiger partial charge in [0, 0.05) is 36.4 Å². The number of rotatable bonds is 8. The molecule has 0 bridgehead atoms. The fourth-order valence-electron chi connectivity index (χ4n) is 3.03. The number of nitrogens with zero attached hydrogens (tertiary/aromatic N) is 2. The van der Waals surface area contributed by atoms with Crippen molar-refractivity contribution in [2.75, 3.05) is 0 Å². The van der Waals surface area contributed by atoms with Crippen molar-refractivity contribution in [1.82, 2.24) is 15.3 Å². The smallest absolute Gasteiger partial charge is 0.267 e. The highest BCUT2D eigenvalue weighted by atomic mass is 16.5. The first-order valence-electron chi connectivity index (χ1n) is 8.75. The first kappa shape index (κ1) is 19.6. The van der Waals surface area contributed by atoms with Crippen LogP contribution in [0, 0.1) is 19.3 Å². The molecule has 3 N–H and O–H groups in total. The number of nitrogens with one attached hydrogen (secondary N) is 2. The fourth-order valence-corrected chi connectivity index (χ4v) is 3.03. The van der Waals surface area contributed by atoms with Crippen molar-refractivity contribution in [3.63, 3.8) is 0 Å². The number of hydroxylamine groups is 1. The summed E-state index contributed by atoms with van der Waals surface area (Å²) in [4.78, 5) is 11.0. The maximum atomic E-state index is 11.0. The Morgan fingerprint density at radius 1 is 1.35 bits per heavy atom. The van der Waals surface area contributed by atoms with Crippen molar-refractivity contribution in [2.45, 2.75) is 46.1 Å². The summed E-state index contributed by atoms with van der Waals surface area (Å²) >= 11 is 0. The van der Waals surface area contributed by atoms with Gasteiger partial charge in [0.05, 0.1) is 5.69 Å². The van der Waals surface area contributed by atoms with Gasteiger partial charge < -0.3 is 5.41 Å². The quantitative estimate of drug-likeness (QED) is 0.293. The van der Waals surface area contributed by atoms with Gasteiger partial charge in [0.1, 0.15) is 0 Å². The summed E-state index contributed by atoms with van der Waals surface area (Å²) in [6.45, 7) is 6.81. The van der Waals surface area contributed by atoms with E-state index >= 15 is 0 Å². The van der Waals surface area contributed by atoms with Gasteiger partial charge in [-0.1, -0.05) is 31.2 Å². The van der Waals surface area contributed by atoms with Gasteiger partial charge in [0.15, 0.2) is 0 Å². The normalized spacial score (nSPS) is 12.3. The predicted octanol–water partition coefficient (Wildman–Crippen LogP) is 3.62. The largest absolute Gasteiger partial charge is 0.309 e. The molecule has 6 nitrogen and oxygen atoms in total. The Morgan fingerprint density at radius 3 is 2.58 bits per heavy atom. The highest BCUT2D eigenvalue weighted by molar-refractivity contribution is 5.91. The van der Waals surface area contributed by atoms with Gasteiger partial charge in [0.2, 0.25) is 0 Å². The molecule has 0 aliphatic rings. The van der Waals surface area contributed by atoms with E-state index in [-0.39, 0.29) is 5.92 Å². The molecule has 1 aromatic carbocycles. The highest BCUT2D eigenvalue weighted by Gasteiger charge is 2.15. The van der Waals surface area contributed by atoms with Crippen molar-refractivity contribution >= 4 is 17.7 Å². The summed E-state index contributed by atoms with van der Waals surface area (Å²) in [5.74, 6) is -0.489. The van der Waals surface area contributed by atoms with Gasteiger partial charge >= 0.3 is 0 Å². The first-order valence-corrected chi connectivity index (χ1v) is 8.75. The minimum absolute atomic E-state index is 0.0748. The Labute approximate surface area is 154 Å². The average molecular weight is 354 g/mol. The lowest BCUT2D eigenvalue weighted by Gasteiger charge is -2.17. The van der Waals surface area contributed by atoms with Gasteiger partial charge in [-0.15, -0.1) is 0 Å². The molecule has 0 spiro atoms. The van der Waals surface area contributed by atoms with Crippen LogP contribution in [0.1, 0.15) is 48.2 Å². The number of benzene rings is 1. The van der Waals surface area contributed by atoms with Crippen LogP contribution in [0.15, 0.2) is 36.4 Å². The van der Waals surface area contributed by atoms with Crippen LogP contribution in [0.3, 0.4) is 0 Å². The molecular weight excluding hydrogens is 328 g/mol. The number of carbonyl (C=O) groups is 1. The Bertz CT molecular complexity index is 791. The second kappa shape index (κ2) is 9.10. The molecule has 2 aromatic rings. The molecule has 0 unspecified atom stereocenters. The van der Waals surface area contributed by atoms with E-state index in [9.17, 15) is 4.79 Å². The van der Waals surface area contributed by atoms with Gasteiger partial charge in [0.25, 0.3) is 5.91 Å². The predicted molar refractivity (Wildman–Crippen MR) is 102 cm³/mol. The maximum absolute atomic E-state index is 11.0. The van der Waals surface area contributed by atoms with Crippen molar-refractivity contribution in [2.24, 2.45) is 0 Å². The molecule has 138 valence electrons. The molecule has 0 saturated carbocycles. The van der Waals surface area contributed by atoms with Gasteiger partial charge in [-0.2, -0.15) is 5.10 Å². The fraction of sp³-hybridized carbons (Fsp3) is 0.350. The third kappa shape index (κ3) is 5.13. The molecule has 0 aliphatic carbocycles. The monoisotopic (exact) mass is 354 g/mol. The Hall–Kier alpha value is -2.73. The van der Waals surface area contributed by atoms with E-state index in [1.54, 1.807) is 11.6 Å². The van der Waals surface area contributed by atoms with Crippen molar-refractivity contribution in [1.29, 1.82) is 5.41 Å². The molecule has 1 amide bonds. The Morgan fingerprint density at radius 2 is 2.04 bits per heavy atom. The van der Waals surface area contributed by atoms with Crippen LogP contribution in [0.25, 0.3) is 6.08 Å². The van der Waals surface area contributed by atoms with E-state index in [4.69, 9.17) is 10.6 Å². The zero-order valence-corrected chi connectivity index (χ0v) is 15.5. The highest BCUT2D eigenvalue weighted by Crippen LogP contribution is 2.23. The molecule has 6 heteroatoms. The molecule has 1 atom stereocenters. The van der Waals surface area contributed by atoms with Crippen LogP contribution in [-0.2, 0) is 11.3 Å². The van der Waals surface area contributed by atoms with Crippen molar-refractivity contribution in [3.05, 3.63) is 58.9 Å². The second-order valence-electron chi connectivity index (χ2n) is 6.36. The molecule has 0 radical (unpaired) electrons. The standard InChI is InChI=1S/C20H26N4O2/c1-4-18(19(21)11-12-24-15(3)13-14(2)22-24)17-8-5-16(6-9-17)7-10-20(25)23-26/h5-10,13,18,21,26H,4,11-12H2,1-3H3,(H,23,25)/b10-7+,21-19?/t18-/m0/s1. The van der Waals surface area contributed by atoms with Crippen LogP contribution in [0.5, 0.6) is 0 Å². The molecule has 26 heavy (non-hydrogen) atoms. The summed E-state index contributed by atoms with van der Waals surface area (Å²) < 4.78 is 1.96. The molecule has 0 saturated heterocycles. The number of amides is 1. The van der Waals surface area contributed by atoms with Crippen LogP contribution in [-0.4, -0.2) is 26.6 Å². The minimum Gasteiger partial charge on any atom is -0.309 e. The zero-order valence-electron chi connectivity index (χ0n) is 15.5. The van der Waals surface area contributed by atoms with E-state index in [1.165, 1.54) is 6.08 Å². The van der Waals surface area contributed by atoms with Crippen molar-refractivity contribution in [3.8, 4) is 0 Å². The van der Waals surface area contributed by atoms with E-state index in [0.29, 0.717) is 18.7 Å². The Kier molecular flexibility index (Phi) is 6.86. The summed E-state index contributed by atoms with van der Waals surface area (Å²) in [6.07, 6.45) is 4.42. The average Bonchev–Trinajstić information content (AvgIpc) is 2.96. The van der Waals surface area contributed by atoms with E-state index in [0.717, 1.165) is 28.9 Å². The maximum Gasteiger partial charge on any atom is 0.267 e. The lowest BCUT2D eigenvalue weighted by molar-refractivity contribution is -0.124. The van der Waals surface area contributed by atoms with E-state index < -0.39 is 5.91 Å². The molecule has 2 rings (SSSR count). The Balaban J connectivity index is 2.02. The third-order valence-electron chi connectivity index (χ3n) is 4.40. The van der Waals surface area contributed by atoms with Gasteiger partial charge in [-0.25, -0.2) is 5.48 Å². The first-order chi connectivity index (χ1) is 12.4. The van der Waals surface area contributed by atoms with Crippen molar-refractivity contribution < 1.29 is 10.0 Å². The molecular formula is C20H26N4O2. The SMILES string of the molecule is CC[C@H](C(=N)CCn1nc(C)cc1C)c1ccc(/C=C/C(=O)NO)cc1. The molecule has 0 fully saturated rings. The lowest BCUT2D eigenvalue weighted by Crippen LogP contribution is -2.15. The van der Waals surface area contributed by atoms with Crippen LogP contribution >= 0.6 is 0 Å². The van der Waals surface area contributed by atoms with Crippen LogP contribution < -0.4 is 5.48 Å². The number of hydrogen-bond acceptors (Lipinski definition) is 4. The second-order valence-corrected chi connectivity index (χ2v) is 6.36. The number of hydrogen-bond donors (Lipinski definition) is 3. The topological polar surface area (TPSA) is 91.0 Å². The van der Waals surface area contributed by atoms with E-state index in [2.05, 4.69) is 12.0 Å². The van der Waals surface area contributed by atoms with Gasteiger partial charge in [-0.05, 0) is 43.5 Å². The minimum atomic E-state index is -0.563. The third-order valence-corrected chi connectivity index (χ3v) is 4.40. The molecule has 1 heterocycles. The van der Waals surface area contributed by atoms with E-state index in [1.807, 2.05) is 48.9 Å². The number of carbonyl (C=O) groups excluding carboxylic acids is 1. The number of aromatic nitrogens is 2. The molecule has 0 aliphatic heterocycles. The van der Waals surface area contributed by atoms with Crippen LogP contribution in [0.2, 0.25) is 0 Å². The summed E-state index contributed by atoms with van der Waals surface area (Å²) in [7, 11) is 0. The lowest BCUT2D eigenvalue weighted by atomic mass is 9.89. The summed E-state index contributed by atoms with van der Waals surface area (Å²) in [6, 6.07) is 9.84. The number of aryl methyl sites for hydroxylation is 3.